The molecule has 0 radical (unpaired) electrons. The molecule has 3 aromatic rings. The molecule has 1 N–H and O–H groups in total. The van der Waals surface area contributed by atoms with Gasteiger partial charge in [-0.05, 0) is 35.2 Å². The summed E-state index contributed by atoms with van der Waals surface area (Å²) in [6.45, 7) is 0. The maximum absolute atomic E-state index is 13.3. The molecule has 2 atom stereocenters. The monoisotopic (exact) mass is 397 g/mol. The van der Waals surface area contributed by atoms with Crippen molar-refractivity contribution in [3.8, 4) is 0 Å². The molecule has 0 fully saturated rings. The van der Waals surface area contributed by atoms with Crippen LogP contribution in [0.25, 0.3) is 0 Å². The van der Waals surface area contributed by atoms with E-state index in [0.717, 1.165) is 10.4 Å². The van der Waals surface area contributed by atoms with Crippen LogP contribution in [0.5, 0.6) is 0 Å². The van der Waals surface area contributed by atoms with E-state index >= 15 is 0 Å². The predicted octanol–water partition coefficient (Wildman–Crippen LogP) is 4.35. The molecule has 2 aromatic heterocycles. The molecule has 7 heteroatoms. The summed E-state index contributed by atoms with van der Waals surface area (Å²) >= 11 is 7.40. The normalized spacial score (nSPS) is 18.9. The predicted molar refractivity (Wildman–Crippen MR) is 106 cm³/mol. The van der Waals surface area contributed by atoms with E-state index in [1.54, 1.807) is 30.1 Å². The molecule has 1 aliphatic heterocycles. The second kappa shape index (κ2) is 7.13. The van der Waals surface area contributed by atoms with E-state index in [0.29, 0.717) is 16.4 Å². The molecule has 2 unspecified atom stereocenters. The van der Waals surface area contributed by atoms with Crippen molar-refractivity contribution in [2.75, 3.05) is 12.4 Å². The van der Waals surface area contributed by atoms with Crippen LogP contribution in [0.2, 0.25) is 5.02 Å². The molecule has 0 aliphatic carbocycles. The Morgan fingerprint density at radius 3 is 2.70 bits per heavy atom. The highest BCUT2D eigenvalue weighted by Crippen LogP contribution is 2.43. The minimum Gasteiger partial charge on any atom is -0.333 e. The second-order valence-electron chi connectivity index (χ2n) is 6.29. The fourth-order valence-electron chi connectivity index (χ4n) is 3.43. The van der Waals surface area contributed by atoms with E-state index in [-0.39, 0.29) is 17.9 Å². The summed E-state index contributed by atoms with van der Waals surface area (Å²) in [7, 11) is 1.74. The number of aromatic nitrogens is 1. The standard InChI is InChI=1S/C20H16ClN3O2S/c1-24-18(15-7-4-10-27-15)17(13-5-2-3-6-14(13)20(24)26)19(25)23-16-9-8-12(21)11-22-16/h2-11,17-18H,1H3,(H,22,23,25). The third-order valence-electron chi connectivity index (χ3n) is 4.68. The molecule has 0 spiro atoms. The number of amides is 2. The zero-order valence-corrected chi connectivity index (χ0v) is 16.0. The molecule has 0 saturated heterocycles. The number of thiophene rings is 1. The molecular formula is C20H16ClN3O2S. The first-order valence-electron chi connectivity index (χ1n) is 8.38. The molecule has 4 rings (SSSR count). The number of carbonyl (C=O) groups is 2. The quantitative estimate of drug-likeness (QED) is 0.714. The number of halogens is 1. The number of carbonyl (C=O) groups excluding carboxylic acids is 2. The Kier molecular flexibility index (Phi) is 4.68. The number of nitrogens with one attached hydrogen (secondary N) is 1. The van der Waals surface area contributed by atoms with Crippen molar-refractivity contribution in [3.63, 3.8) is 0 Å². The molecule has 1 aliphatic rings. The molecule has 3 heterocycles. The largest absolute Gasteiger partial charge is 0.333 e. The van der Waals surface area contributed by atoms with Gasteiger partial charge in [-0.1, -0.05) is 35.9 Å². The van der Waals surface area contributed by atoms with Crippen LogP contribution < -0.4 is 5.32 Å². The van der Waals surface area contributed by atoms with Crippen LogP contribution in [-0.4, -0.2) is 28.7 Å². The number of nitrogens with zero attached hydrogens (tertiary/aromatic N) is 2. The summed E-state index contributed by atoms with van der Waals surface area (Å²) in [6.07, 6.45) is 1.48. The average molecular weight is 398 g/mol. The number of anilines is 1. The van der Waals surface area contributed by atoms with Gasteiger partial charge in [-0.15, -0.1) is 11.3 Å². The van der Waals surface area contributed by atoms with Crippen molar-refractivity contribution in [2.45, 2.75) is 12.0 Å². The van der Waals surface area contributed by atoms with E-state index in [1.807, 2.05) is 35.7 Å². The fourth-order valence-corrected chi connectivity index (χ4v) is 4.44. The highest BCUT2D eigenvalue weighted by atomic mass is 35.5. The Morgan fingerprint density at radius 2 is 2.00 bits per heavy atom. The fraction of sp³-hybridized carbons (Fsp3) is 0.150. The minimum atomic E-state index is -0.542. The number of rotatable bonds is 3. The molecular weight excluding hydrogens is 382 g/mol. The molecule has 0 bridgehead atoms. The van der Waals surface area contributed by atoms with Gasteiger partial charge in [-0.3, -0.25) is 9.59 Å². The molecule has 5 nitrogen and oxygen atoms in total. The Labute approximate surface area is 165 Å². The van der Waals surface area contributed by atoms with Crippen LogP contribution in [0.3, 0.4) is 0 Å². The maximum atomic E-state index is 13.3. The summed E-state index contributed by atoms with van der Waals surface area (Å²) < 4.78 is 0. The smallest absolute Gasteiger partial charge is 0.254 e. The van der Waals surface area contributed by atoms with Crippen molar-refractivity contribution in [1.82, 2.24) is 9.88 Å². The van der Waals surface area contributed by atoms with Crippen LogP contribution in [-0.2, 0) is 4.79 Å². The summed E-state index contributed by atoms with van der Waals surface area (Å²) in [5.41, 5.74) is 1.28. The van der Waals surface area contributed by atoms with Crippen molar-refractivity contribution < 1.29 is 9.59 Å². The van der Waals surface area contributed by atoms with Gasteiger partial charge in [0.1, 0.15) is 5.82 Å². The van der Waals surface area contributed by atoms with Gasteiger partial charge in [0.2, 0.25) is 5.91 Å². The Morgan fingerprint density at radius 1 is 1.19 bits per heavy atom. The van der Waals surface area contributed by atoms with E-state index in [4.69, 9.17) is 11.6 Å². The molecule has 1 aromatic carbocycles. The summed E-state index contributed by atoms with van der Waals surface area (Å²) in [5, 5.41) is 5.31. The summed E-state index contributed by atoms with van der Waals surface area (Å²) in [4.78, 5) is 32.9. The van der Waals surface area contributed by atoms with Gasteiger partial charge in [-0.25, -0.2) is 4.98 Å². The Hall–Kier alpha value is -2.70. The van der Waals surface area contributed by atoms with Crippen molar-refractivity contribution in [3.05, 3.63) is 81.1 Å². The lowest BCUT2D eigenvalue weighted by atomic mass is 9.82. The number of hydrogen-bond acceptors (Lipinski definition) is 4. The number of benzene rings is 1. The zero-order chi connectivity index (χ0) is 19.0. The maximum Gasteiger partial charge on any atom is 0.254 e. The van der Waals surface area contributed by atoms with Gasteiger partial charge in [0, 0.05) is 23.7 Å². The highest BCUT2D eigenvalue weighted by Gasteiger charge is 2.43. The zero-order valence-electron chi connectivity index (χ0n) is 14.4. The first-order chi connectivity index (χ1) is 13.1. The van der Waals surface area contributed by atoms with Gasteiger partial charge >= 0.3 is 0 Å². The lowest BCUT2D eigenvalue weighted by Gasteiger charge is -2.38. The van der Waals surface area contributed by atoms with Gasteiger partial charge in [0.25, 0.3) is 5.91 Å². The van der Waals surface area contributed by atoms with Crippen LogP contribution >= 0.6 is 22.9 Å². The molecule has 0 saturated carbocycles. The van der Waals surface area contributed by atoms with E-state index in [2.05, 4.69) is 10.3 Å². The third kappa shape index (κ3) is 3.22. The summed E-state index contributed by atoms with van der Waals surface area (Å²) in [6, 6.07) is 14.1. The number of fused-ring (bicyclic) bond motifs is 1. The van der Waals surface area contributed by atoms with Gasteiger partial charge < -0.3 is 10.2 Å². The lowest BCUT2D eigenvalue weighted by Crippen LogP contribution is -2.43. The van der Waals surface area contributed by atoms with Crippen LogP contribution in [0.1, 0.15) is 32.8 Å². The van der Waals surface area contributed by atoms with Crippen LogP contribution in [0.4, 0.5) is 5.82 Å². The number of hydrogen-bond donors (Lipinski definition) is 1. The molecule has 27 heavy (non-hydrogen) atoms. The van der Waals surface area contributed by atoms with E-state index < -0.39 is 5.92 Å². The van der Waals surface area contributed by atoms with Crippen LogP contribution in [0.15, 0.2) is 60.1 Å². The average Bonchev–Trinajstić information content (AvgIpc) is 3.20. The molecule has 2 amide bonds. The first kappa shape index (κ1) is 17.7. The van der Waals surface area contributed by atoms with E-state index in [1.165, 1.54) is 17.5 Å². The topological polar surface area (TPSA) is 62.3 Å². The van der Waals surface area contributed by atoms with E-state index in [9.17, 15) is 9.59 Å². The number of likely N-dealkylation sites (N-methyl/N-ethyl adjacent to an activating group) is 1. The molecule has 136 valence electrons. The van der Waals surface area contributed by atoms with Gasteiger partial charge in [-0.2, -0.15) is 0 Å². The van der Waals surface area contributed by atoms with Gasteiger partial charge in [0.05, 0.1) is 17.0 Å². The Balaban J connectivity index is 1.78. The SMILES string of the molecule is CN1C(=O)c2ccccc2C(C(=O)Nc2ccc(Cl)cn2)C1c1cccs1. The number of pyridine rings is 1. The van der Waals surface area contributed by atoms with Crippen molar-refractivity contribution in [2.24, 2.45) is 0 Å². The van der Waals surface area contributed by atoms with Crippen LogP contribution in [0, 0.1) is 0 Å². The summed E-state index contributed by atoms with van der Waals surface area (Å²) in [5.74, 6) is -0.418. The minimum absolute atomic E-state index is 0.0855. The third-order valence-corrected chi connectivity index (χ3v) is 5.84. The Bertz CT molecular complexity index is 989. The lowest BCUT2D eigenvalue weighted by molar-refractivity contribution is -0.119. The van der Waals surface area contributed by atoms with Crippen molar-refractivity contribution >= 4 is 40.6 Å². The first-order valence-corrected chi connectivity index (χ1v) is 9.64. The second-order valence-corrected chi connectivity index (χ2v) is 7.71. The highest BCUT2D eigenvalue weighted by molar-refractivity contribution is 7.10. The van der Waals surface area contributed by atoms with Gasteiger partial charge in [0.15, 0.2) is 0 Å². The van der Waals surface area contributed by atoms with Crippen molar-refractivity contribution in [1.29, 1.82) is 0 Å².